The van der Waals surface area contributed by atoms with Gasteiger partial charge in [0.2, 0.25) is 5.91 Å². The van der Waals surface area contributed by atoms with E-state index in [1.807, 2.05) is 0 Å². The minimum atomic E-state index is -1.07. The van der Waals surface area contributed by atoms with Gasteiger partial charge >= 0.3 is 0 Å². The molecule has 92 valence electrons. The first kappa shape index (κ1) is 13.5. The van der Waals surface area contributed by atoms with Crippen molar-refractivity contribution in [3.8, 4) is 0 Å². The molecule has 0 saturated heterocycles. The maximum absolute atomic E-state index is 11.8. The summed E-state index contributed by atoms with van der Waals surface area (Å²) in [5, 5.41) is 2.56. The predicted molar refractivity (Wildman–Crippen MR) is 66.7 cm³/mol. The van der Waals surface area contributed by atoms with Crippen molar-refractivity contribution in [1.29, 1.82) is 0 Å². The van der Waals surface area contributed by atoms with E-state index >= 15 is 0 Å². The predicted octanol–water partition coefficient (Wildman–Crippen LogP) is 1.42. The number of halogens is 1. The normalized spacial score (nSPS) is 11.0. The number of carbonyl (C=O) groups is 2. The molecule has 0 unspecified atom stereocenters. The van der Waals surface area contributed by atoms with Crippen LogP contribution >= 0.6 is 11.6 Å². The molecule has 2 amide bonds. The number of nitrogens with one attached hydrogen (secondary N) is 1. The average Bonchev–Trinajstić information content (AvgIpc) is 2.28. The third-order valence-corrected chi connectivity index (χ3v) is 2.72. The number of amides is 2. The lowest BCUT2D eigenvalue weighted by molar-refractivity contribution is -0.122. The van der Waals surface area contributed by atoms with Crippen molar-refractivity contribution in [3.05, 3.63) is 35.4 Å². The molecule has 1 rings (SSSR count). The molecule has 0 aromatic heterocycles. The van der Waals surface area contributed by atoms with Crippen molar-refractivity contribution in [2.24, 2.45) is 5.73 Å². The molecule has 17 heavy (non-hydrogen) atoms. The molecule has 0 aliphatic carbocycles. The lowest BCUT2D eigenvalue weighted by Crippen LogP contribution is -2.52. The van der Waals surface area contributed by atoms with Crippen molar-refractivity contribution in [2.45, 2.75) is 25.3 Å². The Morgan fingerprint density at radius 1 is 1.29 bits per heavy atom. The quantitative estimate of drug-likeness (QED) is 0.798. The summed E-state index contributed by atoms with van der Waals surface area (Å²) >= 11 is 5.65. The zero-order valence-electron chi connectivity index (χ0n) is 9.79. The Morgan fingerprint density at radius 2 is 1.82 bits per heavy atom. The first-order chi connectivity index (χ1) is 7.86. The van der Waals surface area contributed by atoms with Gasteiger partial charge in [-0.3, -0.25) is 9.59 Å². The second-order valence-electron chi connectivity index (χ2n) is 4.27. The molecule has 0 bridgehead atoms. The maximum Gasteiger partial charge on any atom is 0.252 e. The summed E-state index contributed by atoms with van der Waals surface area (Å²) in [6.45, 7) is 3.11. The lowest BCUT2D eigenvalue weighted by atomic mass is 10.0. The van der Waals surface area contributed by atoms with E-state index in [1.165, 1.54) is 0 Å². The third-order valence-electron chi connectivity index (χ3n) is 2.41. The Balaban J connectivity index is 2.80. The monoisotopic (exact) mass is 254 g/mol. The molecule has 0 spiro atoms. The second kappa shape index (κ2) is 5.19. The van der Waals surface area contributed by atoms with Gasteiger partial charge in [0.25, 0.3) is 5.91 Å². The summed E-state index contributed by atoms with van der Waals surface area (Å²) in [6.07, 6.45) is 0. The average molecular weight is 255 g/mol. The van der Waals surface area contributed by atoms with Crippen LogP contribution in [0.2, 0.25) is 0 Å². The van der Waals surface area contributed by atoms with Crippen molar-refractivity contribution < 1.29 is 9.59 Å². The molecule has 1 aromatic rings. The highest BCUT2D eigenvalue weighted by Crippen LogP contribution is 2.09. The molecule has 0 aliphatic rings. The van der Waals surface area contributed by atoms with Crippen molar-refractivity contribution in [3.63, 3.8) is 0 Å². The van der Waals surface area contributed by atoms with Crippen LogP contribution < -0.4 is 11.1 Å². The summed E-state index contributed by atoms with van der Waals surface area (Å²) in [5.41, 5.74) is 5.50. The minimum absolute atomic E-state index is 0.338. The highest BCUT2D eigenvalue weighted by Gasteiger charge is 2.27. The Morgan fingerprint density at radius 3 is 2.24 bits per heavy atom. The van der Waals surface area contributed by atoms with Gasteiger partial charge in [-0.2, -0.15) is 0 Å². The van der Waals surface area contributed by atoms with E-state index in [0.29, 0.717) is 11.4 Å². The van der Waals surface area contributed by atoms with Crippen LogP contribution in [-0.2, 0) is 10.7 Å². The number of hydrogen-bond donors (Lipinski definition) is 2. The highest BCUT2D eigenvalue weighted by atomic mass is 35.5. The van der Waals surface area contributed by atoms with Gasteiger partial charge in [-0.15, -0.1) is 11.6 Å². The zero-order valence-corrected chi connectivity index (χ0v) is 10.5. The number of carbonyl (C=O) groups excluding carboxylic acids is 2. The number of nitrogens with two attached hydrogens (primary N) is 1. The topological polar surface area (TPSA) is 72.2 Å². The van der Waals surface area contributed by atoms with E-state index in [-0.39, 0.29) is 5.91 Å². The van der Waals surface area contributed by atoms with Crippen molar-refractivity contribution in [1.82, 2.24) is 5.32 Å². The van der Waals surface area contributed by atoms with Crippen LogP contribution in [0.15, 0.2) is 24.3 Å². The highest BCUT2D eigenvalue weighted by molar-refractivity contribution is 6.17. The van der Waals surface area contributed by atoms with Gasteiger partial charge in [-0.05, 0) is 31.5 Å². The number of rotatable bonds is 4. The summed E-state index contributed by atoms with van der Waals surface area (Å²) < 4.78 is 0. The standard InChI is InChI=1S/C12H15ClN2O2/c1-12(2,11(14)17)15-10(16)9-5-3-8(7-13)4-6-9/h3-6H,7H2,1-2H3,(H2,14,17)(H,15,16). The number of alkyl halides is 1. The molecule has 5 heteroatoms. The maximum atomic E-state index is 11.8. The zero-order chi connectivity index (χ0) is 13.1. The summed E-state index contributed by atoms with van der Waals surface area (Å²) in [7, 11) is 0. The third kappa shape index (κ3) is 3.46. The SMILES string of the molecule is CC(C)(NC(=O)c1ccc(CCl)cc1)C(N)=O. The van der Waals surface area contributed by atoms with Gasteiger partial charge in [0.15, 0.2) is 0 Å². The van der Waals surface area contributed by atoms with E-state index in [0.717, 1.165) is 5.56 Å². The fourth-order valence-corrected chi connectivity index (χ4v) is 1.34. The Bertz CT molecular complexity index is 427. The summed E-state index contributed by atoms with van der Waals surface area (Å²) in [5.74, 6) is -0.521. The first-order valence-corrected chi connectivity index (χ1v) is 5.67. The molecule has 1 aromatic carbocycles. The molecular formula is C12H15ClN2O2. The van der Waals surface area contributed by atoms with E-state index in [2.05, 4.69) is 5.32 Å². The van der Waals surface area contributed by atoms with Crippen molar-refractivity contribution >= 4 is 23.4 Å². The van der Waals surface area contributed by atoms with Gasteiger partial charge in [-0.25, -0.2) is 0 Å². The van der Waals surface area contributed by atoms with E-state index in [4.69, 9.17) is 17.3 Å². The van der Waals surface area contributed by atoms with Crippen LogP contribution in [0.3, 0.4) is 0 Å². The summed E-state index contributed by atoms with van der Waals surface area (Å²) in [6, 6.07) is 6.84. The largest absolute Gasteiger partial charge is 0.368 e. The number of primary amides is 1. The van der Waals surface area contributed by atoms with Gasteiger partial charge in [-0.1, -0.05) is 12.1 Å². The van der Waals surface area contributed by atoms with Gasteiger partial charge < -0.3 is 11.1 Å². The molecule has 0 radical (unpaired) electrons. The van der Waals surface area contributed by atoms with Crippen LogP contribution in [0, 0.1) is 0 Å². The van der Waals surface area contributed by atoms with Gasteiger partial charge in [0, 0.05) is 11.4 Å². The second-order valence-corrected chi connectivity index (χ2v) is 4.54. The Hall–Kier alpha value is -1.55. The van der Waals surface area contributed by atoms with Crippen LogP contribution in [0.1, 0.15) is 29.8 Å². The van der Waals surface area contributed by atoms with Crippen LogP contribution in [-0.4, -0.2) is 17.4 Å². The van der Waals surface area contributed by atoms with E-state index in [1.54, 1.807) is 38.1 Å². The first-order valence-electron chi connectivity index (χ1n) is 5.14. The fourth-order valence-electron chi connectivity index (χ4n) is 1.16. The Labute approximate surface area is 105 Å². The molecule has 0 fully saturated rings. The van der Waals surface area contributed by atoms with Gasteiger partial charge in [0.05, 0.1) is 0 Å². The van der Waals surface area contributed by atoms with Crippen LogP contribution in [0.25, 0.3) is 0 Å². The number of hydrogen-bond acceptors (Lipinski definition) is 2. The smallest absolute Gasteiger partial charge is 0.252 e. The molecule has 3 N–H and O–H groups in total. The van der Waals surface area contributed by atoms with Crippen LogP contribution in [0.5, 0.6) is 0 Å². The lowest BCUT2D eigenvalue weighted by Gasteiger charge is -2.22. The molecule has 4 nitrogen and oxygen atoms in total. The van der Waals surface area contributed by atoms with E-state index < -0.39 is 11.4 Å². The summed E-state index contributed by atoms with van der Waals surface area (Å²) in [4.78, 5) is 22.9. The van der Waals surface area contributed by atoms with Crippen molar-refractivity contribution in [2.75, 3.05) is 0 Å². The van der Waals surface area contributed by atoms with Gasteiger partial charge in [0.1, 0.15) is 5.54 Å². The molecule has 0 heterocycles. The number of benzene rings is 1. The molecule has 0 atom stereocenters. The molecular weight excluding hydrogens is 240 g/mol. The van der Waals surface area contributed by atoms with Crippen LogP contribution in [0.4, 0.5) is 0 Å². The molecule has 0 aliphatic heterocycles. The fraction of sp³-hybridized carbons (Fsp3) is 0.333. The minimum Gasteiger partial charge on any atom is -0.368 e. The molecule has 0 saturated carbocycles. The van der Waals surface area contributed by atoms with E-state index in [9.17, 15) is 9.59 Å². The Kier molecular flexibility index (Phi) is 4.12.